The van der Waals surface area contributed by atoms with Crippen molar-refractivity contribution >= 4 is 0 Å². The second-order valence-corrected chi connectivity index (χ2v) is 6.27. The van der Waals surface area contributed by atoms with Crippen molar-refractivity contribution in [2.75, 3.05) is 6.54 Å². The molecule has 1 N–H and O–H groups in total. The number of fused-ring (bicyclic) bond motifs is 1. The van der Waals surface area contributed by atoms with Gasteiger partial charge in [-0.1, -0.05) is 48.5 Å². The average molecular weight is 279 g/mol. The SMILES string of the molecule is Cc1ccccc1[C@H](C)NCC1CCCc2ccccc21. The van der Waals surface area contributed by atoms with Crippen molar-refractivity contribution in [3.05, 3.63) is 70.8 Å². The van der Waals surface area contributed by atoms with Crippen molar-refractivity contribution in [1.82, 2.24) is 5.32 Å². The van der Waals surface area contributed by atoms with Gasteiger partial charge in [-0.05, 0) is 61.3 Å². The summed E-state index contributed by atoms with van der Waals surface area (Å²) < 4.78 is 0. The first-order valence-electron chi connectivity index (χ1n) is 8.12. The minimum Gasteiger partial charge on any atom is -0.310 e. The quantitative estimate of drug-likeness (QED) is 0.850. The van der Waals surface area contributed by atoms with Crippen LogP contribution in [0.3, 0.4) is 0 Å². The molecule has 0 heterocycles. The van der Waals surface area contributed by atoms with Gasteiger partial charge < -0.3 is 5.32 Å². The zero-order valence-corrected chi connectivity index (χ0v) is 13.1. The first-order valence-corrected chi connectivity index (χ1v) is 8.12. The molecule has 0 spiro atoms. The van der Waals surface area contributed by atoms with Gasteiger partial charge >= 0.3 is 0 Å². The fourth-order valence-corrected chi connectivity index (χ4v) is 3.57. The Morgan fingerprint density at radius 3 is 2.71 bits per heavy atom. The Bertz CT molecular complexity index is 602. The van der Waals surface area contributed by atoms with Gasteiger partial charge in [-0.2, -0.15) is 0 Å². The Morgan fingerprint density at radius 2 is 1.86 bits per heavy atom. The molecule has 0 aromatic heterocycles. The summed E-state index contributed by atoms with van der Waals surface area (Å²) in [5.41, 5.74) is 5.91. The smallest absolute Gasteiger partial charge is 0.0294 e. The molecule has 2 aromatic rings. The molecular formula is C20H25N. The Labute approximate surface area is 128 Å². The third-order valence-electron chi connectivity index (χ3n) is 4.82. The standard InChI is InChI=1S/C20H25N/c1-15-8-3-5-12-19(15)16(2)21-14-18-11-7-10-17-9-4-6-13-20(17)18/h3-6,8-9,12-13,16,18,21H,7,10-11,14H2,1-2H3/t16-,18?/m0/s1. The molecule has 0 fully saturated rings. The predicted molar refractivity (Wildman–Crippen MR) is 89.7 cm³/mol. The zero-order chi connectivity index (χ0) is 14.7. The summed E-state index contributed by atoms with van der Waals surface area (Å²) in [6, 6.07) is 18.1. The molecule has 2 aromatic carbocycles. The number of aryl methyl sites for hydroxylation is 2. The zero-order valence-electron chi connectivity index (χ0n) is 13.1. The fraction of sp³-hybridized carbons (Fsp3) is 0.400. The van der Waals surface area contributed by atoms with Crippen molar-refractivity contribution in [3.8, 4) is 0 Å². The van der Waals surface area contributed by atoms with Gasteiger partial charge in [0.2, 0.25) is 0 Å². The van der Waals surface area contributed by atoms with E-state index >= 15 is 0 Å². The maximum Gasteiger partial charge on any atom is 0.0294 e. The van der Waals surface area contributed by atoms with Crippen LogP contribution in [0.15, 0.2) is 48.5 Å². The van der Waals surface area contributed by atoms with Crippen molar-refractivity contribution in [2.45, 2.75) is 45.1 Å². The maximum absolute atomic E-state index is 3.75. The van der Waals surface area contributed by atoms with E-state index in [4.69, 9.17) is 0 Å². The van der Waals surface area contributed by atoms with E-state index in [1.165, 1.54) is 30.4 Å². The van der Waals surface area contributed by atoms with Crippen LogP contribution >= 0.6 is 0 Å². The van der Waals surface area contributed by atoms with E-state index < -0.39 is 0 Å². The fourth-order valence-electron chi connectivity index (χ4n) is 3.57. The topological polar surface area (TPSA) is 12.0 Å². The minimum absolute atomic E-state index is 0.417. The van der Waals surface area contributed by atoms with Gasteiger partial charge in [0.1, 0.15) is 0 Å². The summed E-state index contributed by atoms with van der Waals surface area (Å²) in [7, 11) is 0. The lowest BCUT2D eigenvalue weighted by molar-refractivity contribution is 0.472. The van der Waals surface area contributed by atoms with E-state index in [9.17, 15) is 0 Å². The number of rotatable bonds is 4. The molecule has 0 aliphatic heterocycles. The normalized spacial score (nSPS) is 19.0. The van der Waals surface area contributed by atoms with Crippen molar-refractivity contribution in [3.63, 3.8) is 0 Å². The van der Waals surface area contributed by atoms with Crippen LogP contribution in [0.25, 0.3) is 0 Å². The summed E-state index contributed by atoms with van der Waals surface area (Å²) in [5.74, 6) is 0.668. The molecule has 0 amide bonds. The number of benzene rings is 2. The van der Waals surface area contributed by atoms with Crippen LogP contribution in [0, 0.1) is 6.92 Å². The van der Waals surface area contributed by atoms with Crippen LogP contribution in [0.2, 0.25) is 0 Å². The van der Waals surface area contributed by atoms with Crippen molar-refractivity contribution < 1.29 is 0 Å². The highest BCUT2D eigenvalue weighted by Crippen LogP contribution is 2.31. The molecule has 110 valence electrons. The summed E-state index contributed by atoms with van der Waals surface area (Å²) in [4.78, 5) is 0. The van der Waals surface area contributed by atoms with Crippen LogP contribution in [0.4, 0.5) is 0 Å². The molecule has 1 unspecified atom stereocenters. The van der Waals surface area contributed by atoms with E-state index in [1.807, 2.05) is 0 Å². The van der Waals surface area contributed by atoms with E-state index in [1.54, 1.807) is 11.1 Å². The number of nitrogens with one attached hydrogen (secondary N) is 1. The van der Waals surface area contributed by atoms with Crippen molar-refractivity contribution in [1.29, 1.82) is 0 Å². The van der Waals surface area contributed by atoms with Gasteiger partial charge in [-0.25, -0.2) is 0 Å². The highest BCUT2D eigenvalue weighted by molar-refractivity contribution is 5.33. The Morgan fingerprint density at radius 1 is 1.10 bits per heavy atom. The van der Waals surface area contributed by atoms with Crippen LogP contribution in [-0.2, 0) is 6.42 Å². The average Bonchev–Trinajstić information content (AvgIpc) is 2.53. The third kappa shape index (κ3) is 3.19. The van der Waals surface area contributed by atoms with Gasteiger partial charge in [0.25, 0.3) is 0 Å². The second-order valence-electron chi connectivity index (χ2n) is 6.27. The lowest BCUT2D eigenvalue weighted by Crippen LogP contribution is -2.27. The van der Waals surface area contributed by atoms with E-state index in [-0.39, 0.29) is 0 Å². The summed E-state index contributed by atoms with van der Waals surface area (Å²) >= 11 is 0. The number of hydrogen-bond donors (Lipinski definition) is 1. The van der Waals surface area contributed by atoms with Gasteiger partial charge in [-0.15, -0.1) is 0 Å². The van der Waals surface area contributed by atoms with E-state index in [0.717, 1.165) is 6.54 Å². The van der Waals surface area contributed by atoms with Crippen LogP contribution in [0.5, 0.6) is 0 Å². The molecule has 21 heavy (non-hydrogen) atoms. The van der Waals surface area contributed by atoms with Crippen LogP contribution in [0.1, 0.15) is 54.0 Å². The molecule has 0 radical (unpaired) electrons. The summed E-state index contributed by atoms with van der Waals surface area (Å²) in [6.45, 7) is 5.55. The van der Waals surface area contributed by atoms with Gasteiger partial charge in [0, 0.05) is 12.6 Å². The highest BCUT2D eigenvalue weighted by atomic mass is 14.9. The lowest BCUT2D eigenvalue weighted by Gasteiger charge is -2.27. The molecule has 1 heteroatoms. The van der Waals surface area contributed by atoms with Gasteiger partial charge in [0.15, 0.2) is 0 Å². The molecule has 1 aliphatic carbocycles. The Hall–Kier alpha value is -1.60. The monoisotopic (exact) mass is 279 g/mol. The Balaban J connectivity index is 1.67. The molecule has 0 saturated heterocycles. The summed E-state index contributed by atoms with van der Waals surface area (Å²) in [6.07, 6.45) is 3.88. The van der Waals surface area contributed by atoms with Crippen molar-refractivity contribution in [2.24, 2.45) is 0 Å². The first-order chi connectivity index (χ1) is 10.3. The second kappa shape index (κ2) is 6.44. The first kappa shape index (κ1) is 14.3. The van der Waals surface area contributed by atoms with E-state index in [2.05, 4.69) is 67.7 Å². The third-order valence-corrected chi connectivity index (χ3v) is 4.82. The molecule has 3 rings (SSSR count). The van der Waals surface area contributed by atoms with E-state index in [0.29, 0.717) is 12.0 Å². The summed E-state index contributed by atoms with van der Waals surface area (Å²) in [5, 5.41) is 3.75. The molecule has 0 bridgehead atoms. The largest absolute Gasteiger partial charge is 0.310 e. The van der Waals surface area contributed by atoms with Gasteiger partial charge in [-0.3, -0.25) is 0 Å². The molecule has 1 aliphatic rings. The van der Waals surface area contributed by atoms with Crippen LogP contribution in [-0.4, -0.2) is 6.54 Å². The lowest BCUT2D eigenvalue weighted by atomic mass is 9.82. The number of hydrogen-bond acceptors (Lipinski definition) is 1. The predicted octanol–water partition coefficient (Wildman–Crippen LogP) is 4.77. The highest BCUT2D eigenvalue weighted by Gasteiger charge is 2.20. The minimum atomic E-state index is 0.417. The van der Waals surface area contributed by atoms with Gasteiger partial charge in [0.05, 0.1) is 0 Å². The molecule has 1 nitrogen and oxygen atoms in total. The Kier molecular flexibility index (Phi) is 4.40. The van der Waals surface area contributed by atoms with Crippen LogP contribution < -0.4 is 5.32 Å². The maximum atomic E-state index is 3.75. The molecular weight excluding hydrogens is 254 g/mol. The molecule has 2 atom stereocenters. The molecule has 0 saturated carbocycles.